The Labute approximate surface area is 152 Å². The van der Waals surface area contributed by atoms with Gasteiger partial charge in [0.2, 0.25) is 0 Å². The van der Waals surface area contributed by atoms with Crippen LogP contribution in [0.25, 0.3) is 11.1 Å². The van der Waals surface area contributed by atoms with Crippen molar-refractivity contribution in [1.29, 1.82) is 5.26 Å². The summed E-state index contributed by atoms with van der Waals surface area (Å²) in [5.41, 5.74) is 3.51. The van der Waals surface area contributed by atoms with Crippen LogP contribution >= 0.6 is 0 Å². The summed E-state index contributed by atoms with van der Waals surface area (Å²) in [6.07, 6.45) is 3.46. The third-order valence-electron chi connectivity index (χ3n) is 5.53. The monoisotopic (exact) mass is 350 g/mol. The summed E-state index contributed by atoms with van der Waals surface area (Å²) in [5, 5.41) is 9.45. The maximum atomic E-state index is 12.5. The molecular weight excluding hydrogens is 328 g/mol. The zero-order valence-electron chi connectivity index (χ0n) is 14.9. The van der Waals surface area contributed by atoms with Crippen molar-refractivity contribution in [1.82, 2.24) is 4.98 Å². The number of nitrogens with zero attached hydrogens (tertiary/aromatic N) is 1. The first-order valence-electron chi connectivity index (χ1n) is 9.12. The molecule has 1 spiro atoms. The highest BCUT2D eigenvalue weighted by molar-refractivity contribution is 5.70. The second kappa shape index (κ2) is 6.71. The van der Waals surface area contributed by atoms with Gasteiger partial charge in [0, 0.05) is 24.1 Å². The zero-order valence-corrected chi connectivity index (χ0v) is 14.9. The summed E-state index contributed by atoms with van der Waals surface area (Å²) in [4.78, 5) is 15.4. The fraction of sp³-hybridized carbons (Fsp3) is 0.429. The molecule has 1 saturated heterocycles. The Kier molecular flexibility index (Phi) is 4.39. The van der Waals surface area contributed by atoms with E-state index in [1.54, 1.807) is 0 Å². The molecule has 1 N–H and O–H groups in total. The van der Waals surface area contributed by atoms with Crippen molar-refractivity contribution in [3.05, 3.63) is 57.5 Å². The summed E-state index contributed by atoms with van der Waals surface area (Å²) in [5.74, 6) is -0.165. The Morgan fingerprint density at radius 1 is 1.15 bits per heavy atom. The van der Waals surface area contributed by atoms with Crippen LogP contribution < -0.4 is 5.56 Å². The number of aryl methyl sites for hydroxylation is 1. The van der Waals surface area contributed by atoms with Crippen molar-refractivity contribution in [2.75, 3.05) is 13.2 Å². The van der Waals surface area contributed by atoms with Gasteiger partial charge in [-0.2, -0.15) is 5.26 Å². The van der Waals surface area contributed by atoms with E-state index < -0.39 is 5.79 Å². The molecule has 0 unspecified atom stereocenters. The number of pyridine rings is 1. The van der Waals surface area contributed by atoms with Gasteiger partial charge in [0.05, 0.1) is 13.2 Å². The van der Waals surface area contributed by atoms with Crippen molar-refractivity contribution in [3.8, 4) is 17.2 Å². The van der Waals surface area contributed by atoms with E-state index in [4.69, 9.17) is 9.47 Å². The summed E-state index contributed by atoms with van der Waals surface area (Å²) < 4.78 is 11.6. The molecule has 2 aromatic rings. The number of benzene rings is 1. The smallest absolute Gasteiger partial charge is 0.266 e. The molecule has 0 atom stereocenters. The number of hydrogen-bond donors (Lipinski definition) is 1. The molecule has 26 heavy (non-hydrogen) atoms. The highest BCUT2D eigenvalue weighted by Crippen LogP contribution is 2.42. The average Bonchev–Trinajstić information content (AvgIpc) is 3.10. The predicted octanol–water partition coefficient (Wildman–Crippen LogP) is 3.62. The van der Waals surface area contributed by atoms with E-state index >= 15 is 0 Å². The molecule has 1 aromatic carbocycles. The molecule has 1 aliphatic carbocycles. The van der Waals surface area contributed by atoms with E-state index in [9.17, 15) is 10.1 Å². The zero-order chi connectivity index (χ0) is 18.1. The summed E-state index contributed by atoms with van der Waals surface area (Å²) in [6.45, 7) is 3.34. The van der Waals surface area contributed by atoms with Crippen LogP contribution in [0.2, 0.25) is 0 Å². The number of nitriles is 1. The molecule has 2 fully saturated rings. The molecule has 1 aliphatic heterocycles. The van der Waals surface area contributed by atoms with Crippen LogP contribution in [0.4, 0.5) is 0 Å². The largest absolute Gasteiger partial charge is 0.348 e. The number of rotatable bonds is 2. The maximum absolute atomic E-state index is 12.5. The molecule has 0 bridgehead atoms. The molecule has 0 radical (unpaired) electrons. The van der Waals surface area contributed by atoms with Gasteiger partial charge in [0.1, 0.15) is 11.6 Å². The van der Waals surface area contributed by atoms with E-state index in [-0.39, 0.29) is 17.0 Å². The highest BCUT2D eigenvalue weighted by Gasteiger charge is 2.40. The van der Waals surface area contributed by atoms with Gasteiger partial charge in [-0.25, -0.2) is 0 Å². The lowest BCUT2D eigenvalue weighted by molar-refractivity contribution is -0.178. The number of nitrogens with one attached hydrogen (secondary N) is 1. The summed E-state index contributed by atoms with van der Waals surface area (Å²) in [6, 6.07) is 12.0. The minimum atomic E-state index is -0.414. The second-order valence-corrected chi connectivity index (χ2v) is 7.20. The first kappa shape index (κ1) is 17.0. The van der Waals surface area contributed by atoms with Gasteiger partial charge in [0.15, 0.2) is 5.79 Å². The van der Waals surface area contributed by atoms with Crippen LogP contribution in [0.3, 0.4) is 0 Å². The van der Waals surface area contributed by atoms with Gasteiger partial charge in [-0.1, -0.05) is 29.8 Å². The Morgan fingerprint density at radius 3 is 2.42 bits per heavy atom. The molecular formula is C21H22N2O3. The Morgan fingerprint density at radius 2 is 1.81 bits per heavy atom. The van der Waals surface area contributed by atoms with Crippen LogP contribution in [-0.4, -0.2) is 24.0 Å². The summed E-state index contributed by atoms with van der Waals surface area (Å²) >= 11 is 0. The topological polar surface area (TPSA) is 75.1 Å². The third kappa shape index (κ3) is 3.07. The van der Waals surface area contributed by atoms with E-state index in [0.29, 0.717) is 18.8 Å². The maximum Gasteiger partial charge on any atom is 0.266 e. The number of H-pyrrole nitrogens is 1. The molecule has 5 heteroatoms. The van der Waals surface area contributed by atoms with Crippen LogP contribution in [-0.2, 0) is 9.47 Å². The molecule has 1 aromatic heterocycles. The highest BCUT2D eigenvalue weighted by atomic mass is 16.7. The molecule has 2 aliphatic rings. The van der Waals surface area contributed by atoms with Crippen LogP contribution in [0.5, 0.6) is 0 Å². The average molecular weight is 350 g/mol. The van der Waals surface area contributed by atoms with Gasteiger partial charge in [-0.15, -0.1) is 0 Å². The quantitative estimate of drug-likeness (QED) is 0.897. The lowest BCUT2D eigenvalue weighted by Gasteiger charge is -2.35. The number of ether oxygens (including phenoxy) is 2. The first-order valence-corrected chi connectivity index (χ1v) is 9.12. The third-order valence-corrected chi connectivity index (χ3v) is 5.53. The second-order valence-electron chi connectivity index (χ2n) is 7.20. The normalized spacial score (nSPS) is 19.5. The van der Waals surface area contributed by atoms with Gasteiger partial charge in [0.25, 0.3) is 5.56 Å². The van der Waals surface area contributed by atoms with Crippen molar-refractivity contribution in [2.24, 2.45) is 0 Å². The van der Waals surface area contributed by atoms with Crippen molar-refractivity contribution < 1.29 is 9.47 Å². The van der Waals surface area contributed by atoms with E-state index in [1.165, 1.54) is 0 Å². The Balaban J connectivity index is 1.67. The number of hydrogen-bond acceptors (Lipinski definition) is 4. The Hall–Kier alpha value is -2.42. The van der Waals surface area contributed by atoms with Gasteiger partial charge < -0.3 is 14.5 Å². The molecule has 4 rings (SSSR count). The fourth-order valence-electron chi connectivity index (χ4n) is 4.03. The van der Waals surface area contributed by atoms with Crippen LogP contribution in [0.15, 0.2) is 35.1 Å². The number of aromatic nitrogens is 1. The van der Waals surface area contributed by atoms with Crippen LogP contribution in [0.1, 0.15) is 48.4 Å². The minimum Gasteiger partial charge on any atom is -0.348 e. The number of aromatic amines is 1. The van der Waals surface area contributed by atoms with E-state index in [2.05, 4.69) is 11.1 Å². The summed E-state index contributed by atoms with van der Waals surface area (Å²) in [7, 11) is 0. The Bertz CT molecular complexity index is 892. The standard InChI is InChI=1S/C21H22N2O3/c1-14-2-4-15(5-3-14)17-12-19(23-20(24)18(17)13-22)16-6-8-21(9-7-16)25-10-11-26-21/h2-5,12,16H,6-11H2,1H3,(H,23,24). The fourth-order valence-corrected chi connectivity index (χ4v) is 4.03. The van der Waals surface area contributed by atoms with Gasteiger partial charge in [-0.3, -0.25) is 4.79 Å². The van der Waals surface area contributed by atoms with Crippen molar-refractivity contribution >= 4 is 0 Å². The van der Waals surface area contributed by atoms with Crippen molar-refractivity contribution in [2.45, 2.75) is 44.3 Å². The minimum absolute atomic E-state index is 0.173. The predicted molar refractivity (Wildman–Crippen MR) is 97.8 cm³/mol. The van der Waals surface area contributed by atoms with E-state index in [1.807, 2.05) is 37.3 Å². The lowest BCUT2D eigenvalue weighted by atomic mass is 9.82. The molecule has 134 valence electrons. The molecule has 0 amide bonds. The lowest BCUT2D eigenvalue weighted by Crippen LogP contribution is -2.35. The van der Waals surface area contributed by atoms with Gasteiger partial charge in [-0.05, 0) is 37.3 Å². The molecule has 1 saturated carbocycles. The van der Waals surface area contributed by atoms with Crippen molar-refractivity contribution in [3.63, 3.8) is 0 Å². The molecule has 2 heterocycles. The van der Waals surface area contributed by atoms with Crippen LogP contribution in [0, 0.1) is 18.3 Å². The molecule has 5 nitrogen and oxygen atoms in total. The van der Waals surface area contributed by atoms with Gasteiger partial charge >= 0.3 is 0 Å². The SMILES string of the molecule is Cc1ccc(-c2cc(C3CCC4(CC3)OCCO4)[nH]c(=O)c2C#N)cc1. The first-order chi connectivity index (χ1) is 12.6. The van der Waals surface area contributed by atoms with E-state index in [0.717, 1.165) is 42.5 Å².